The van der Waals surface area contributed by atoms with Gasteiger partial charge in [0.15, 0.2) is 0 Å². The van der Waals surface area contributed by atoms with Crippen LogP contribution in [0.2, 0.25) is 0 Å². The van der Waals surface area contributed by atoms with Gasteiger partial charge in [0.05, 0.1) is 12.6 Å². The van der Waals surface area contributed by atoms with Gasteiger partial charge >= 0.3 is 0 Å². The molecule has 5 heteroatoms. The summed E-state index contributed by atoms with van der Waals surface area (Å²) < 4.78 is 7.49. The van der Waals surface area contributed by atoms with Crippen molar-refractivity contribution in [2.24, 2.45) is 0 Å². The Hall–Kier alpha value is -1.75. The van der Waals surface area contributed by atoms with Crippen LogP contribution in [0.1, 0.15) is 25.8 Å². The number of para-hydroxylation sites is 1. The first kappa shape index (κ1) is 13.2. The molecular weight excluding hydrogens is 252 g/mol. The Kier molecular flexibility index (Phi) is 3.53. The third kappa shape index (κ3) is 2.22. The number of likely N-dealkylation sites (tertiary alicyclic amines) is 1. The standard InChI is InChI=1S/C15H22N4O/c1-11(10-18-8-3-4-9-18)19-12-6-5-7-13(20-2)14(12)17-15(19)16/h5-7,11H,3-4,8-10H2,1-2H3,(H2,16,17). The minimum atomic E-state index is 0.310. The Bertz CT molecular complexity index is 601. The van der Waals surface area contributed by atoms with Gasteiger partial charge in [0, 0.05) is 12.6 Å². The SMILES string of the molecule is COc1cccc2c1nc(N)n2C(C)CN1CCCC1. The van der Waals surface area contributed by atoms with Gasteiger partial charge in [-0.3, -0.25) is 0 Å². The zero-order chi connectivity index (χ0) is 14.1. The maximum Gasteiger partial charge on any atom is 0.201 e. The summed E-state index contributed by atoms with van der Waals surface area (Å²) >= 11 is 0. The number of nitrogen functional groups attached to an aromatic ring is 1. The fourth-order valence-corrected chi connectivity index (χ4v) is 3.16. The summed E-state index contributed by atoms with van der Waals surface area (Å²) in [7, 11) is 1.66. The number of ether oxygens (including phenoxy) is 1. The van der Waals surface area contributed by atoms with Crippen molar-refractivity contribution in [1.29, 1.82) is 0 Å². The predicted octanol–water partition coefficient (Wildman–Crippen LogP) is 2.28. The summed E-state index contributed by atoms with van der Waals surface area (Å²) in [6, 6.07) is 6.28. The molecule has 0 bridgehead atoms. The van der Waals surface area contributed by atoms with E-state index in [4.69, 9.17) is 10.5 Å². The number of benzene rings is 1. The highest BCUT2D eigenvalue weighted by atomic mass is 16.5. The van der Waals surface area contributed by atoms with Gasteiger partial charge in [0.25, 0.3) is 0 Å². The van der Waals surface area contributed by atoms with Crippen molar-refractivity contribution < 1.29 is 4.74 Å². The van der Waals surface area contributed by atoms with Crippen molar-refractivity contribution >= 4 is 17.0 Å². The minimum Gasteiger partial charge on any atom is -0.494 e. The van der Waals surface area contributed by atoms with Crippen molar-refractivity contribution in [3.63, 3.8) is 0 Å². The van der Waals surface area contributed by atoms with Gasteiger partial charge in [-0.15, -0.1) is 0 Å². The van der Waals surface area contributed by atoms with Crippen molar-refractivity contribution in [3.8, 4) is 5.75 Å². The van der Waals surface area contributed by atoms with Crippen LogP contribution < -0.4 is 10.5 Å². The molecule has 2 heterocycles. The van der Waals surface area contributed by atoms with Crippen LogP contribution in [-0.2, 0) is 0 Å². The third-order valence-electron chi connectivity index (χ3n) is 4.09. The topological polar surface area (TPSA) is 56.3 Å². The van der Waals surface area contributed by atoms with Gasteiger partial charge in [-0.25, -0.2) is 4.98 Å². The Balaban J connectivity index is 1.95. The highest BCUT2D eigenvalue weighted by Gasteiger charge is 2.20. The molecule has 1 fully saturated rings. The van der Waals surface area contributed by atoms with Gasteiger partial charge in [0.1, 0.15) is 11.3 Å². The molecule has 1 saturated heterocycles. The van der Waals surface area contributed by atoms with Crippen LogP contribution in [0.3, 0.4) is 0 Å². The lowest BCUT2D eigenvalue weighted by Gasteiger charge is -2.22. The van der Waals surface area contributed by atoms with Gasteiger partial charge in [0.2, 0.25) is 5.95 Å². The van der Waals surface area contributed by atoms with Crippen LogP contribution in [0.15, 0.2) is 18.2 Å². The van der Waals surface area contributed by atoms with Gasteiger partial charge < -0.3 is 19.9 Å². The number of anilines is 1. The molecule has 0 radical (unpaired) electrons. The van der Waals surface area contributed by atoms with Crippen molar-refractivity contribution in [3.05, 3.63) is 18.2 Å². The zero-order valence-electron chi connectivity index (χ0n) is 12.2. The Morgan fingerprint density at radius 3 is 2.80 bits per heavy atom. The molecule has 0 saturated carbocycles. The Morgan fingerprint density at radius 2 is 2.10 bits per heavy atom. The second kappa shape index (κ2) is 5.32. The van der Waals surface area contributed by atoms with Crippen molar-refractivity contribution in [1.82, 2.24) is 14.5 Å². The van der Waals surface area contributed by atoms with E-state index in [0.717, 1.165) is 23.3 Å². The molecule has 1 aliphatic rings. The van der Waals surface area contributed by atoms with E-state index in [2.05, 4.69) is 27.4 Å². The van der Waals surface area contributed by atoms with Gasteiger partial charge in [-0.2, -0.15) is 0 Å². The van der Waals surface area contributed by atoms with E-state index in [1.54, 1.807) is 7.11 Å². The fraction of sp³-hybridized carbons (Fsp3) is 0.533. The lowest BCUT2D eigenvalue weighted by Crippen LogP contribution is -2.27. The van der Waals surface area contributed by atoms with Crippen LogP contribution in [0.4, 0.5) is 5.95 Å². The molecule has 2 N–H and O–H groups in total. The van der Waals surface area contributed by atoms with E-state index in [0.29, 0.717) is 12.0 Å². The number of fused-ring (bicyclic) bond motifs is 1. The number of imidazole rings is 1. The minimum absolute atomic E-state index is 0.310. The van der Waals surface area contributed by atoms with Crippen LogP contribution in [0.5, 0.6) is 5.75 Å². The highest BCUT2D eigenvalue weighted by Crippen LogP contribution is 2.29. The maximum absolute atomic E-state index is 6.13. The normalized spacial score (nSPS) is 17.7. The van der Waals surface area contributed by atoms with Crippen LogP contribution in [0.25, 0.3) is 11.0 Å². The lowest BCUT2D eigenvalue weighted by molar-refractivity contribution is 0.291. The average molecular weight is 274 g/mol. The number of rotatable bonds is 4. The van der Waals surface area contributed by atoms with Crippen molar-refractivity contribution in [2.75, 3.05) is 32.5 Å². The molecule has 1 unspecified atom stereocenters. The average Bonchev–Trinajstić information content (AvgIpc) is 3.04. The molecule has 0 aliphatic carbocycles. The summed E-state index contributed by atoms with van der Waals surface area (Å²) in [5, 5.41) is 0. The highest BCUT2D eigenvalue weighted by molar-refractivity contribution is 5.84. The molecule has 1 aromatic heterocycles. The summed E-state index contributed by atoms with van der Waals surface area (Å²) in [5.74, 6) is 1.34. The molecule has 3 rings (SSSR count). The third-order valence-corrected chi connectivity index (χ3v) is 4.09. The molecule has 0 spiro atoms. The summed E-state index contributed by atoms with van der Waals surface area (Å²) in [4.78, 5) is 6.97. The number of methoxy groups -OCH3 is 1. The molecule has 0 amide bonds. The monoisotopic (exact) mass is 274 g/mol. The largest absolute Gasteiger partial charge is 0.494 e. The number of hydrogen-bond donors (Lipinski definition) is 1. The van der Waals surface area contributed by atoms with E-state index in [9.17, 15) is 0 Å². The molecule has 1 aliphatic heterocycles. The second-order valence-corrected chi connectivity index (χ2v) is 5.52. The molecule has 5 nitrogen and oxygen atoms in total. The number of nitrogens with two attached hydrogens (primary N) is 1. The molecule has 1 atom stereocenters. The lowest BCUT2D eigenvalue weighted by atomic mass is 10.2. The number of hydrogen-bond acceptors (Lipinski definition) is 4. The van der Waals surface area contributed by atoms with Crippen LogP contribution >= 0.6 is 0 Å². The molecule has 2 aromatic rings. The van der Waals surface area contributed by atoms with E-state index in [1.165, 1.54) is 25.9 Å². The van der Waals surface area contributed by atoms with E-state index >= 15 is 0 Å². The summed E-state index contributed by atoms with van der Waals surface area (Å²) in [6.07, 6.45) is 2.61. The number of aromatic nitrogens is 2. The Labute approximate surface area is 119 Å². The number of nitrogens with zero attached hydrogens (tertiary/aromatic N) is 3. The summed E-state index contributed by atoms with van der Waals surface area (Å²) in [6.45, 7) is 5.61. The van der Waals surface area contributed by atoms with E-state index < -0.39 is 0 Å². The van der Waals surface area contributed by atoms with Crippen LogP contribution in [0, 0.1) is 0 Å². The van der Waals surface area contributed by atoms with Gasteiger partial charge in [-0.1, -0.05) is 6.07 Å². The molecule has 20 heavy (non-hydrogen) atoms. The second-order valence-electron chi connectivity index (χ2n) is 5.52. The zero-order valence-corrected chi connectivity index (χ0v) is 12.2. The Morgan fingerprint density at radius 1 is 1.35 bits per heavy atom. The van der Waals surface area contributed by atoms with Crippen molar-refractivity contribution in [2.45, 2.75) is 25.8 Å². The molecule has 108 valence electrons. The fourth-order valence-electron chi connectivity index (χ4n) is 3.16. The van der Waals surface area contributed by atoms with Crippen LogP contribution in [-0.4, -0.2) is 41.2 Å². The first-order valence-electron chi connectivity index (χ1n) is 7.23. The predicted molar refractivity (Wildman–Crippen MR) is 81.1 cm³/mol. The van der Waals surface area contributed by atoms with E-state index in [1.807, 2.05) is 12.1 Å². The summed E-state index contributed by atoms with van der Waals surface area (Å²) in [5.41, 5.74) is 8.03. The van der Waals surface area contributed by atoms with Gasteiger partial charge in [-0.05, 0) is 45.0 Å². The quantitative estimate of drug-likeness (QED) is 0.929. The first-order chi connectivity index (χ1) is 9.70. The molecular formula is C15H22N4O. The molecule has 1 aromatic carbocycles. The maximum atomic E-state index is 6.13. The van der Waals surface area contributed by atoms with E-state index in [-0.39, 0.29) is 0 Å². The first-order valence-corrected chi connectivity index (χ1v) is 7.23. The smallest absolute Gasteiger partial charge is 0.201 e.